The Balaban J connectivity index is 1.92. The summed E-state index contributed by atoms with van der Waals surface area (Å²) < 4.78 is 17.4. The summed E-state index contributed by atoms with van der Waals surface area (Å²) in [5.41, 5.74) is 0. The van der Waals surface area contributed by atoms with Crippen LogP contribution < -0.4 is 0 Å². The number of carboxylic acid groups (broad SMARTS) is 1. The lowest BCUT2D eigenvalue weighted by molar-refractivity contribution is -0.136. The number of nitrogens with zero attached hydrogens (tertiary/aromatic N) is 2. The highest BCUT2D eigenvalue weighted by atomic mass is 32.2. The Kier molecular flexibility index (Phi) is 3.93. The van der Waals surface area contributed by atoms with Crippen LogP contribution >= 0.6 is 11.8 Å². The Morgan fingerprint density at radius 1 is 1.39 bits per heavy atom. The van der Waals surface area contributed by atoms with Crippen LogP contribution in [0.25, 0.3) is 0 Å². The second-order valence-electron chi connectivity index (χ2n) is 3.42. The van der Waals surface area contributed by atoms with Crippen LogP contribution in [-0.2, 0) is 17.0 Å². The van der Waals surface area contributed by atoms with Gasteiger partial charge in [0.1, 0.15) is 12.2 Å². The van der Waals surface area contributed by atoms with Gasteiger partial charge in [-0.3, -0.25) is 4.79 Å². The van der Waals surface area contributed by atoms with Gasteiger partial charge in [-0.25, -0.2) is 4.39 Å². The van der Waals surface area contributed by atoms with Crippen LogP contribution in [0, 0.1) is 5.82 Å². The molecule has 0 radical (unpaired) electrons. The van der Waals surface area contributed by atoms with E-state index in [-0.39, 0.29) is 18.1 Å². The SMILES string of the molecule is O=C(O)Cc1nc(CSc2ccc(F)cc2)no1. The molecule has 0 unspecified atom stereocenters. The van der Waals surface area contributed by atoms with E-state index in [1.54, 1.807) is 12.1 Å². The molecule has 94 valence electrons. The Bertz CT molecular complexity index is 541. The fourth-order valence-electron chi connectivity index (χ4n) is 1.23. The van der Waals surface area contributed by atoms with Gasteiger partial charge in [0, 0.05) is 4.90 Å². The molecule has 0 aliphatic rings. The third-order valence-corrected chi connectivity index (χ3v) is 3.00. The van der Waals surface area contributed by atoms with Crippen LogP contribution in [-0.4, -0.2) is 21.2 Å². The van der Waals surface area contributed by atoms with Gasteiger partial charge in [-0.05, 0) is 24.3 Å². The minimum absolute atomic E-state index is 0.0807. The molecule has 1 aromatic heterocycles. The molecule has 0 amide bonds. The van der Waals surface area contributed by atoms with Crippen molar-refractivity contribution in [1.29, 1.82) is 0 Å². The summed E-state index contributed by atoms with van der Waals surface area (Å²) in [5.74, 6) is -0.369. The molecule has 0 bridgehead atoms. The molecule has 2 rings (SSSR count). The van der Waals surface area contributed by atoms with Gasteiger partial charge in [0.25, 0.3) is 0 Å². The van der Waals surface area contributed by atoms with E-state index in [1.165, 1.54) is 23.9 Å². The summed E-state index contributed by atoms with van der Waals surface area (Å²) in [6, 6.07) is 6.04. The molecule has 18 heavy (non-hydrogen) atoms. The molecule has 1 heterocycles. The number of thioether (sulfide) groups is 1. The quantitative estimate of drug-likeness (QED) is 0.837. The molecular weight excluding hydrogens is 259 g/mol. The number of carboxylic acids is 1. The van der Waals surface area contributed by atoms with E-state index in [1.807, 2.05) is 0 Å². The number of carbonyl (C=O) groups is 1. The van der Waals surface area contributed by atoms with Gasteiger partial charge in [0.2, 0.25) is 5.89 Å². The van der Waals surface area contributed by atoms with Crippen LogP contribution in [0.15, 0.2) is 33.7 Å². The van der Waals surface area contributed by atoms with E-state index in [2.05, 4.69) is 10.1 Å². The van der Waals surface area contributed by atoms with Crippen molar-refractivity contribution in [3.05, 3.63) is 41.8 Å². The van der Waals surface area contributed by atoms with Crippen molar-refractivity contribution in [2.75, 3.05) is 0 Å². The molecule has 0 aliphatic heterocycles. The van der Waals surface area contributed by atoms with Crippen molar-refractivity contribution < 1.29 is 18.8 Å². The highest BCUT2D eigenvalue weighted by Crippen LogP contribution is 2.21. The zero-order chi connectivity index (χ0) is 13.0. The van der Waals surface area contributed by atoms with Crippen molar-refractivity contribution in [3.8, 4) is 0 Å². The van der Waals surface area contributed by atoms with Crippen LogP contribution in [0.5, 0.6) is 0 Å². The van der Waals surface area contributed by atoms with E-state index in [0.29, 0.717) is 11.6 Å². The second kappa shape index (κ2) is 5.63. The second-order valence-corrected chi connectivity index (χ2v) is 4.47. The Morgan fingerprint density at radius 3 is 2.78 bits per heavy atom. The minimum atomic E-state index is -1.02. The number of aromatic nitrogens is 2. The number of aliphatic carboxylic acids is 1. The maximum atomic E-state index is 12.7. The average molecular weight is 268 g/mol. The first-order valence-electron chi connectivity index (χ1n) is 5.05. The molecule has 0 aliphatic carbocycles. The highest BCUT2D eigenvalue weighted by molar-refractivity contribution is 7.98. The van der Waals surface area contributed by atoms with Crippen LogP contribution in [0.2, 0.25) is 0 Å². The lowest BCUT2D eigenvalue weighted by Crippen LogP contribution is -2.00. The molecule has 1 aromatic carbocycles. The lowest BCUT2D eigenvalue weighted by atomic mass is 10.4. The van der Waals surface area contributed by atoms with Gasteiger partial charge >= 0.3 is 5.97 Å². The average Bonchev–Trinajstić information content (AvgIpc) is 2.75. The molecule has 1 N–H and O–H groups in total. The first-order valence-corrected chi connectivity index (χ1v) is 6.03. The summed E-state index contributed by atoms with van der Waals surface area (Å²) in [7, 11) is 0. The van der Waals surface area contributed by atoms with Gasteiger partial charge in [-0.15, -0.1) is 11.8 Å². The predicted octanol–water partition coefficient (Wildman–Crippen LogP) is 2.13. The fourth-order valence-corrected chi connectivity index (χ4v) is 1.97. The molecule has 5 nitrogen and oxygen atoms in total. The number of hydrogen-bond donors (Lipinski definition) is 1. The van der Waals surface area contributed by atoms with Gasteiger partial charge in [-0.2, -0.15) is 4.98 Å². The van der Waals surface area contributed by atoms with E-state index >= 15 is 0 Å². The standard InChI is InChI=1S/C11H9FN2O3S/c12-7-1-3-8(4-2-7)18-6-9-13-10(17-14-9)5-11(15)16/h1-4H,5-6H2,(H,15,16). The first kappa shape index (κ1) is 12.6. The summed E-state index contributed by atoms with van der Waals surface area (Å²) in [5, 5.41) is 12.2. The summed E-state index contributed by atoms with van der Waals surface area (Å²) >= 11 is 1.42. The molecule has 0 atom stereocenters. The van der Waals surface area contributed by atoms with Crippen molar-refractivity contribution in [2.24, 2.45) is 0 Å². The Labute approximate surface area is 106 Å². The maximum absolute atomic E-state index is 12.7. The Hall–Kier alpha value is -1.89. The maximum Gasteiger partial charge on any atom is 0.312 e. The van der Waals surface area contributed by atoms with Crippen molar-refractivity contribution >= 4 is 17.7 Å². The van der Waals surface area contributed by atoms with E-state index < -0.39 is 5.97 Å². The van der Waals surface area contributed by atoms with Gasteiger partial charge in [0.05, 0.1) is 5.75 Å². The van der Waals surface area contributed by atoms with Crippen molar-refractivity contribution in [3.63, 3.8) is 0 Å². The summed E-state index contributed by atoms with van der Waals surface area (Å²) in [6.45, 7) is 0. The summed E-state index contributed by atoms with van der Waals surface area (Å²) in [6.07, 6.45) is -0.284. The van der Waals surface area contributed by atoms with E-state index in [9.17, 15) is 9.18 Å². The highest BCUT2D eigenvalue weighted by Gasteiger charge is 2.10. The first-order chi connectivity index (χ1) is 8.63. The van der Waals surface area contributed by atoms with Crippen LogP contribution in [0.4, 0.5) is 4.39 Å². The van der Waals surface area contributed by atoms with Crippen LogP contribution in [0.3, 0.4) is 0 Å². The minimum Gasteiger partial charge on any atom is -0.481 e. The van der Waals surface area contributed by atoms with E-state index in [4.69, 9.17) is 9.63 Å². The predicted molar refractivity (Wildman–Crippen MR) is 61.6 cm³/mol. The normalized spacial score (nSPS) is 10.5. The zero-order valence-electron chi connectivity index (χ0n) is 9.17. The van der Waals surface area contributed by atoms with Crippen molar-refractivity contribution in [1.82, 2.24) is 10.1 Å². The number of hydrogen-bond acceptors (Lipinski definition) is 5. The molecule has 0 saturated carbocycles. The van der Waals surface area contributed by atoms with Crippen molar-refractivity contribution in [2.45, 2.75) is 17.1 Å². The number of halogens is 1. The third-order valence-electron chi connectivity index (χ3n) is 1.99. The number of rotatable bonds is 5. The summed E-state index contributed by atoms with van der Waals surface area (Å²) in [4.78, 5) is 15.2. The van der Waals surface area contributed by atoms with Gasteiger partial charge < -0.3 is 9.63 Å². The molecule has 0 spiro atoms. The smallest absolute Gasteiger partial charge is 0.312 e. The Morgan fingerprint density at radius 2 is 2.11 bits per heavy atom. The molecule has 2 aromatic rings. The van der Waals surface area contributed by atoms with Crippen LogP contribution in [0.1, 0.15) is 11.7 Å². The fraction of sp³-hybridized carbons (Fsp3) is 0.182. The largest absolute Gasteiger partial charge is 0.481 e. The zero-order valence-corrected chi connectivity index (χ0v) is 9.98. The van der Waals surface area contributed by atoms with Gasteiger partial charge in [-0.1, -0.05) is 5.16 Å². The van der Waals surface area contributed by atoms with E-state index in [0.717, 1.165) is 4.90 Å². The molecule has 7 heteroatoms. The monoisotopic (exact) mass is 268 g/mol. The molecule has 0 fully saturated rings. The molecule has 0 saturated heterocycles. The number of benzene rings is 1. The molecular formula is C11H9FN2O3S. The third kappa shape index (κ3) is 3.56. The topological polar surface area (TPSA) is 76.2 Å². The lowest BCUT2D eigenvalue weighted by Gasteiger charge is -1.97. The van der Waals surface area contributed by atoms with Gasteiger partial charge in [0.15, 0.2) is 5.82 Å².